The molecule has 0 fully saturated rings. The Hall–Kier alpha value is -3.85. The zero-order chi connectivity index (χ0) is 22.0. The van der Waals surface area contributed by atoms with Crippen LogP contribution in [0.4, 0.5) is 5.13 Å². The van der Waals surface area contributed by atoms with Gasteiger partial charge in [0.15, 0.2) is 16.9 Å². The van der Waals surface area contributed by atoms with Gasteiger partial charge in [-0.05, 0) is 13.0 Å². The number of nitrogens with one attached hydrogen (secondary N) is 1. The van der Waals surface area contributed by atoms with Gasteiger partial charge in [0.2, 0.25) is 0 Å². The van der Waals surface area contributed by atoms with Crippen LogP contribution in [0.25, 0.3) is 22.0 Å². The molecule has 9 heteroatoms. The van der Waals surface area contributed by atoms with Crippen molar-refractivity contribution in [2.24, 2.45) is 7.05 Å². The maximum Gasteiger partial charge on any atom is 0.360 e. The van der Waals surface area contributed by atoms with Crippen LogP contribution in [0.5, 0.6) is 0 Å². The number of ether oxygens (including phenoxy) is 1. The van der Waals surface area contributed by atoms with E-state index in [1.165, 1.54) is 25.3 Å². The van der Waals surface area contributed by atoms with E-state index in [4.69, 9.17) is 4.74 Å². The smallest absolute Gasteiger partial charge is 0.360 e. The molecular weight excluding hydrogens is 416 g/mol. The van der Waals surface area contributed by atoms with Crippen LogP contribution in [0, 0.1) is 0 Å². The molecule has 0 saturated heterocycles. The molecule has 1 amide bonds. The van der Waals surface area contributed by atoms with Crippen LogP contribution in [0.2, 0.25) is 0 Å². The van der Waals surface area contributed by atoms with E-state index in [9.17, 15) is 14.4 Å². The average Bonchev–Trinajstić information content (AvgIpc) is 3.25. The summed E-state index contributed by atoms with van der Waals surface area (Å²) in [5.74, 6) is -1.31. The topological polar surface area (TPSA) is 103 Å². The molecule has 0 aliphatic carbocycles. The highest BCUT2D eigenvalue weighted by atomic mass is 32.1. The molecular formula is C22H18N4O4S. The van der Waals surface area contributed by atoms with Gasteiger partial charge in [0, 0.05) is 23.4 Å². The van der Waals surface area contributed by atoms with Crippen LogP contribution in [0.3, 0.4) is 0 Å². The molecule has 4 rings (SSSR count). The Morgan fingerprint density at radius 1 is 1.06 bits per heavy atom. The summed E-state index contributed by atoms with van der Waals surface area (Å²) in [6.07, 6.45) is -1.09. The summed E-state index contributed by atoms with van der Waals surface area (Å²) in [7, 11) is 1.45. The summed E-state index contributed by atoms with van der Waals surface area (Å²) in [6.45, 7) is 1.46. The average molecular weight is 434 g/mol. The second-order valence-corrected chi connectivity index (χ2v) is 7.62. The van der Waals surface area contributed by atoms with E-state index < -0.39 is 18.0 Å². The number of hydrogen-bond acceptors (Lipinski definition) is 7. The van der Waals surface area contributed by atoms with E-state index in [-0.39, 0.29) is 11.3 Å². The SMILES string of the molecule is CC(OC(=O)c1nn(C)c(=O)c2ccccc12)C(=O)Nc1nc(-c2ccccc2)cs1. The summed E-state index contributed by atoms with van der Waals surface area (Å²) in [5, 5.41) is 9.64. The number of amides is 1. The lowest BCUT2D eigenvalue weighted by Gasteiger charge is -2.13. The molecule has 8 nitrogen and oxygen atoms in total. The van der Waals surface area contributed by atoms with Crippen molar-refractivity contribution < 1.29 is 14.3 Å². The van der Waals surface area contributed by atoms with E-state index in [0.717, 1.165) is 15.9 Å². The zero-order valence-corrected chi connectivity index (χ0v) is 17.6. The fourth-order valence-corrected chi connectivity index (χ4v) is 3.72. The molecule has 1 atom stereocenters. The Bertz CT molecular complexity index is 1330. The maximum atomic E-state index is 12.7. The lowest BCUT2D eigenvalue weighted by atomic mass is 10.1. The monoisotopic (exact) mass is 434 g/mol. The van der Waals surface area contributed by atoms with Crippen LogP contribution in [0.1, 0.15) is 17.4 Å². The fourth-order valence-electron chi connectivity index (χ4n) is 3.00. The number of carbonyl (C=O) groups is 2. The van der Waals surface area contributed by atoms with Crippen molar-refractivity contribution >= 4 is 39.1 Å². The third-order valence-corrected chi connectivity index (χ3v) is 5.36. The van der Waals surface area contributed by atoms with Crippen molar-refractivity contribution in [1.82, 2.24) is 14.8 Å². The van der Waals surface area contributed by atoms with Gasteiger partial charge in [0.05, 0.1) is 11.1 Å². The van der Waals surface area contributed by atoms with Gasteiger partial charge in [-0.15, -0.1) is 11.3 Å². The number of anilines is 1. The molecule has 0 bridgehead atoms. The number of hydrogen-bond donors (Lipinski definition) is 1. The lowest BCUT2D eigenvalue weighted by molar-refractivity contribution is -0.123. The number of benzene rings is 2. The van der Waals surface area contributed by atoms with Crippen LogP contribution in [-0.2, 0) is 16.6 Å². The maximum absolute atomic E-state index is 12.7. The summed E-state index contributed by atoms with van der Waals surface area (Å²) < 4.78 is 6.39. The molecule has 31 heavy (non-hydrogen) atoms. The van der Waals surface area contributed by atoms with Crippen molar-refractivity contribution in [3.05, 3.63) is 76.0 Å². The Balaban J connectivity index is 1.48. The van der Waals surface area contributed by atoms with E-state index in [1.807, 2.05) is 35.7 Å². The summed E-state index contributed by atoms with van der Waals surface area (Å²) in [6, 6.07) is 16.2. The second kappa shape index (κ2) is 8.49. The van der Waals surface area contributed by atoms with E-state index in [0.29, 0.717) is 15.9 Å². The van der Waals surface area contributed by atoms with E-state index >= 15 is 0 Å². The van der Waals surface area contributed by atoms with Gasteiger partial charge >= 0.3 is 5.97 Å². The van der Waals surface area contributed by atoms with E-state index in [2.05, 4.69) is 15.4 Å². The van der Waals surface area contributed by atoms with Crippen molar-refractivity contribution in [1.29, 1.82) is 0 Å². The van der Waals surface area contributed by atoms with Gasteiger partial charge in [-0.2, -0.15) is 5.10 Å². The fraction of sp³-hybridized carbons (Fsp3) is 0.136. The minimum atomic E-state index is -1.09. The summed E-state index contributed by atoms with van der Waals surface area (Å²) >= 11 is 1.28. The first-order valence-corrected chi connectivity index (χ1v) is 10.3. The van der Waals surface area contributed by atoms with Gasteiger partial charge in [-0.1, -0.05) is 48.5 Å². The van der Waals surface area contributed by atoms with Gasteiger partial charge in [0.25, 0.3) is 11.5 Å². The van der Waals surface area contributed by atoms with E-state index in [1.54, 1.807) is 24.3 Å². The third-order valence-electron chi connectivity index (χ3n) is 4.61. The van der Waals surface area contributed by atoms with Gasteiger partial charge in [-0.3, -0.25) is 14.9 Å². The Morgan fingerprint density at radius 2 is 1.74 bits per heavy atom. The molecule has 0 radical (unpaired) electrons. The number of thiazole rings is 1. The zero-order valence-electron chi connectivity index (χ0n) is 16.7. The van der Waals surface area contributed by atoms with Crippen molar-refractivity contribution in [2.45, 2.75) is 13.0 Å². The standard InChI is InChI=1S/C22H18N4O4S/c1-13(19(27)24-22-23-17(12-31-22)14-8-4-3-5-9-14)30-21(29)18-15-10-6-7-11-16(15)20(28)26(2)25-18/h3-13H,1-2H3,(H,23,24,27). The Labute approximate surface area is 181 Å². The predicted octanol–water partition coefficient (Wildman–Crippen LogP) is 3.24. The van der Waals surface area contributed by atoms with Crippen molar-refractivity contribution in [3.8, 4) is 11.3 Å². The normalized spacial score (nSPS) is 11.8. The van der Waals surface area contributed by atoms with Crippen LogP contribution in [-0.4, -0.2) is 32.7 Å². The number of carbonyl (C=O) groups excluding carboxylic acids is 2. The first kappa shape index (κ1) is 20.4. The van der Waals surface area contributed by atoms with Crippen molar-refractivity contribution in [2.75, 3.05) is 5.32 Å². The first-order chi connectivity index (χ1) is 14.9. The van der Waals surface area contributed by atoms with Crippen LogP contribution >= 0.6 is 11.3 Å². The molecule has 2 heterocycles. The number of nitrogens with zero attached hydrogens (tertiary/aromatic N) is 3. The first-order valence-electron chi connectivity index (χ1n) is 9.43. The lowest BCUT2D eigenvalue weighted by Crippen LogP contribution is -2.31. The molecule has 1 unspecified atom stereocenters. The minimum absolute atomic E-state index is 0.0297. The van der Waals surface area contributed by atoms with Gasteiger partial charge < -0.3 is 4.74 Å². The Kier molecular flexibility index (Phi) is 5.59. The molecule has 2 aromatic heterocycles. The van der Waals surface area contributed by atoms with Crippen molar-refractivity contribution in [3.63, 3.8) is 0 Å². The number of esters is 1. The van der Waals surface area contributed by atoms with Crippen LogP contribution in [0.15, 0.2) is 64.8 Å². The molecule has 1 N–H and O–H groups in total. The molecule has 156 valence electrons. The predicted molar refractivity (Wildman–Crippen MR) is 118 cm³/mol. The number of aromatic nitrogens is 3. The molecule has 2 aromatic carbocycles. The second-order valence-electron chi connectivity index (χ2n) is 6.76. The molecule has 4 aromatic rings. The quantitative estimate of drug-likeness (QED) is 0.484. The minimum Gasteiger partial charge on any atom is -0.448 e. The number of rotatable bonds is 5. The Morgan fingerprint density at radius 3 is 2.48 bits per heavy atom. The highest BCUT2D eigenvalue weighted by Gasteiger charge is 2.23. The molecule has 0 aliphatic heterocycles. The molecule has 0 spiro atoms. The van der Waals surface area contributed by atoms with Crippen LogP contribution < -0.4 is 10.9 Å². The largest absolute Gasteiger partial charge is 0.448 e. The highest BCUT2D eigenvalue weighted by molar-refractivity contribution is 7.14. The number of aryl methyl sites for hydroxylation is 1. The highest BCUT2D eigenvalue weighted by Crippen LogP contribution is 2.24. The van der Waals surface area contributed by atoms with Gasteiger partial charge in [-0.25, -0.2) is 14.5 Å². The van der Waals surface area contributed by atoms with Gasteiger partial charge in [0.1, 0.15) is 0 Å². The molecule has 0 aliphatic rings. The third kappa shape index (κ3) is 4.22. The summed E-state index contributed by atoms with van der Waals surface area (Å²) in [5.41, 5.74) is 1.33. The summed E-state index contributed by atoms with van der Waals surface area (Å²) in [4.78, 5) is 41.8. The number of fused-ring (bicyclic) bond motifs is 1. The molecule has 0 saturated carbocycles.